The lowest BCUT2D eigenvalue weighted by Crippen LogP contribution is -2.36. The third-order valence-corrected chi connectivity index (χ3v) is 1.97. The lowest BCUT2D eigenvalue weighted by Gasteiger charge is -2.15. The molecule has 0 aromatic heterocycles. The van der Waals surface area contributed by atoms with Crippen molar-refractivity contribution in [3.63, 3.8) is 0 Å². The van der Waals surface area contributed by atoms with Crippen LogP contribution in [0.15, 0.2) is 18.2 Å². The number of aliphatic carboxylic acids is 1. The van der Waals surface area contributed by atoms with E-state index in [1.165, 1.54) is 6.07 Å². The average molecular weight is 257 g/mol. The summed E-state index contributed by atoms with van der Waals surface area (Å²) in [7, 11) is 0. The number of rotatable bonds is 3. The molecular formula is C9H12ClNO5. The van der Waals surface area contributed by atoms with E-state index in [1.807, 2.05) is 0 Å². The van der Waals surface area contributed by atoms with Gasteiger partial charge >= 0.3 is 5.97 Å². The van der Waals surface area contributed by atoms with Crippen LogP contribution in [-0.2, 0) is 4.79 Å². The summed E-state index contributed by atoms with van der Waals surface area (Å²) in [5, 5.41) is 36.1. The summed E-state index contributed by atoms with van der Waals surface area (Å²) < 4.78 is 0. The van der Waals surface area contributed by atoms with Crippen molar-refractivity contribution in [2.45, 2.75) is 12.1 Å². The summed E-state index contributed by atoms with van der Waals surface area (Å²) in [5.41, 5.74) is 5.31. The average Bonchev–Trinajstić information content (AvgIpc) is 2.19. The van der Waals surface area contributed by atoms with Crippen molar-refractivity contribution in [1.29, 1.82) is 0 Å². The van der Waals surface area contributed by atoms with Crippen LogP contribution in [0.4, 0.5) is 0 Å². The molecule has 0 heterocycles. The quantitative estimate of drug-likeness (QED) is 0.382. The Balaban J connectivity index is 0.00000225. The molecule has 0 aliphatic rings. The van der Waals surface area contributed by atoms with E-state index in [2.05, 4.69) is 0 Å². The molecule has 2 atom stereocenters. The number of carbonyl (C=O) groups is 1. The van der Waals surface area contributed by atoms with E-state index in [4.69, 9.17) is 21.1 Å². The van der Waals surface area contributed by atoms with Gasteiger partial charge in [0.15, 0.2) is 11.5 Å². The van der Waals surface area contributed by atoms with Crippen molar-refractivity contribution in [2.75, 3.05) is 0 Å². The van der Waals surface area contributed by atoms with E-state index >= 15 is 0 Å². The maximum atomic E-state index is 10.5. The monoisotopic (exact) mass is 256 g/mol. The number of aliphatic hydroxyl groups excluding tert-OH is 1. The minimum Gasteiger partial charge on any atom is -0.504 e. The highest BCUT2D eigenvalue weighted by Crippen LogP contribution is 2.28. The molecule has 0 saturated carbocycles. The predicted octanol–water partition coefficient (Wildman–Crippen LogP) is -0.0351. The van der Waals surface area contributed by atoms with E-state index in [-0.39, 0.29) is 23.7 Å². The number of aliphatic hydroxyl groups is 1. The molecule has 1 aromatic rings. The van der Waals surface area contributed by atoms with Crippen LogP contribution in [0.1, 0.15) is 11.7 Å². The van der Waals surface area contributed by atoms with Gasteiger partial charge in [-0.3, -0.25) is 4.79 Å². The SMILES string of the molecule is Cl.N[C@H](C(=O)O)[13C@H](O)[13c]1[13cH][13cH][13c](O)[13c](O)[13cH]1. The number of halogens is 1. The van der Waals surface area contributed by atoms with Crippen molar-refractivity contribution in [2.24, 2.45) is 5.73 Å². The van der Waals surface area contributed by atoms with Crippen LogP contribution in [0.3, 0.4) is 0 Å². The Hall–Kier alpha value is -1.50. The summed E-state index contributed by atoms with van der Waals surface area (Å²) in [6, 6.07) is 2.00. The molecule has 6 N–H and O–H groups in total. The summed E-state index contributed by atoms with van der Waals surface area (Å²) in [6.45, 7) is 0. The second-order valence-corrected chi connectivity index (χ2v) is 3.06. The number of phenols is 2. The summed E-state index contributed by atoms with van der Waals surface area (Å²) in [6.07, 6.45) is -1.44. The van der Waals surface area contributed by atoms with Crippen LogP contribution >= 0.6 is 12.4 Å². The number of benzene rings is 1. The van der Waals surface area contributed by atoms with Gasteiger partial charge in [0.1, 0.15) is 12.1 Å². The molecule has 0 fully saturated rings. The minimum atomic E-state index is -1.48. The fourth-order valence-corrected chi connectivity index (χ4v) is 1.07. The molecule has 1 aromatic carbocycles. The zero-order chi connectivity index (χ0) is 11.6. The molecule has 0 radical (unpaired) electrons. The number of carboxylic acid groups (broad SMARTS) is 1. The van der Waals surface area contributed by atoms with E-state index in [1.54, 1.807) is 0 Å². The van der Waals surface area contributed by atoms with Crippen LogP contribution in [0, 0.1) is 0 Å². The topological polar surface area (TPSA) is 124 Å². The Bertz CT molecular complexity index is 384. The first-order chi connectivity index (χ1) is 6.93. The first-order valence-corrected chi connectivity index (χ1v) is 4.12. The van der Waals surface area contributed by atoms with Gasteiger partial charge in [-0.15, -0.1) is 12.4 Å². The molecule has 16 heavy (non-hydrogen) atoms. The molecule has 0 spiro atoms. The number of hydrogen-bond acceptors (Lipinski definition) is 5. The predicted molar refractivity (Wildman–Crippen MR) is 57.6 cm³/mol. The van der Waals surface area contributed by atoms with Gasteiger partial charge in [0.25, 0.3) is 0 Å². The molecule has 0 bridgehead atoms. The number of hydrogen-bond donors (Lipinski definition) is 5. The molecule has 0 aliphatic carbocycles. The van der Waals surface area contributed by atoms with Gasteiger partial charge in [-0.05, 0) is 17.7 Å². The molecular weight excluding hydrogens is 245 g/mol. The molecule has 7 heteroatoms. The van der Waals surface area contributed by atoms with Gasteiger partial charge in [-0.25, -0.2) is 0 Å². The van der Waals surface area contributed by atoms with Gasteiger partial charge in [-0.2, -0.15) is 0 Å². The number of aromatic hydroxyl groups is 2. The Morgan fingerprint density at radius 1 is 1.25 bits per heavy atom. The van der Waals surface area contributed by atoms with Gasteiger partial charge in [0, 0.05) is 0 Å². The molecule has 0 saturated heterocycles. The van der Waals surface area contributed by atoms with Crippen molar-refractivity contribution in [1.82, 2.24) is 0 Å². The highest BCUT2D eigenvalue weighted by molar-refractivity contribution is 5.85. The Kier molecular flexibility index (Phi) is 5.03. The van der Waals surface area contributed by atoms with Crippen LogP contribution in [-0.4, -0.2) is 32.4 Å². The summed E-state index contributed by atoms with van der Waals surface area (Å²) in [4.78, 5) is 10.5. The van der Waals surface area contributed by atoms with Crippen molar-refractivity contribution in [3.05, 3.63) is 23.8 Å². The van der Waals surface area contributed by atoms with E-state index < -0.39 is 23.9 Å². The van der Waals surface area contributed by atoms with Crippen LogP contribution in [0.5, 0.6) is 11.5 Å². The molecule has 0 unspecified atom stereocenters. The van der Waals surface area contributed by atoms with Crippen LogP contribution in [0.2, 0.25) is 0 Å². The summed E-state index contributed by atoms with van der Waals surface area (Å²) >= 11 is 0. The third-order valence-electron chi connectivity index (χ3n) is 1.97. The van der Waals surface area contributed by atoms with Gasteiger partial charge in [0.05, 0.1) is 0 Å². The molecule has 1 rings (SSSR count). The smallest absolute Gasteiger partial charge is 0.323 e. The van der Waals surface area contributed by atoms with Crippen molar-refractivity contribution in [3.8, 4) is 11.5 Å². The van der Waals surface area contributed by atoms with Gasteiger partial charge < -0.3 is 26.2 Å². The number of carboxylic acids is 1. The number of nitrogens with two attached hydrogens (primary N) is 1. The van der Waals surface area contributed by atoms with Crippen LogP contribution in [0.25, 0.3) is 0 Å². The molecule has 6 nitrogen and oxygen atoms in total. The molecule has 90 valence electrons. The minimum absolute atomic E-state index is 0. The fraction of sp³-hybridized carbons (Fsp3) is 0.222. The third kappa shape index (κ3) is 2.99. The first kappa shape index (κ1) is 14.5. The van der Waals surface area contributed by atoms with E-state index in [9.17, 15) is 9.90 Å². The lowest BCUT2D eigenvalue weighted by molar-refractivity contribution is -0.141. The molecule has 0 aliphatic heterocycles. The Morgan fingerprint density at radius 3 is 2.25 bits per heavy atom. The van der Waals surface area contributed by atoms with E-state index in [0.717, 1.165) is 12.1 Å². The fourth-order valence-electron chi connectivity index (χ4n) is 1.07. The maximum absolute atomic E-state index is 10.5. The lowest BCUT2D eigenvalue weighted by atomic mass is 10.4. The van der Waals surface area contributed by atoms with Crippen LogP contribution < -0.4 is 5.73 Å². The second kappa shape index (κ2) is 5.55. The second-order valence-electron chi connectivity index (χ2n) is 3.06. The number of phenolic OH excluding ortho intramolecular Hbond substituents is 2. The zero-order valence-corrected chi connectivity index (χ0v) is 8.89. The first-order valence-electron chi connectivity index (χ1n) is 4.12. The van der Waals surface area contributed by atoms with Crippen molar-refractivity contribution < 1.29 is 25.2 Å². The normalized spacial score (nSPS) is 13.6. The Labute approximate surface area is 97.4 Å². The zero-order valence-electron chi connectivity index (χ0n) is 8.07. The molecule has 0 amide bonds. The summed E-state index contributed by atoms with van der Waals surface area (Å²) in [5.74, 6) is -2.14. The highest BCUT2D eigenvalue weighted by Gasteiger charge is 2.24. The maximum Gasteiger partial charge on any atom is 0.323 e. The largest absolute Gasteiger partial charge is 0.504 e. The van der Waals surface area contributed by atoms with E-state index in [0.29, 0.717) is 0 Å². The highest BCUT2D eigenvalue weighted by atomic mass is 35.5. The van der Waals surface area contributed by atoms with Crippen molar-refractivity contribution >= 4 is 18.4 Å². The Morgan fingerprint density at radius 2 is 1.81 bits per heavy atom. The standard InChI is InChI=1S/C9H11NO5.ClH/c10-7(9(14)15)8(13)4-1-2-5(11)6(12)3-4;/h1-3,7-8,11-13H,10H2,(H,14,15);1H/t7-,8+;/m0./s1/i1+1,2+1,3+1,4+1,5+1,6+1,8+1;. The van der Waals surface area contributed by atoms with Gasteiger partial charge in [-0.1, -0.05) is 6.07 Å². The van der Waals surface area contributed by atoms with Gasteiger partial charge in [0.2, 0.25) is 0 Å².